The molecule has 0 aliphatic rings. The van der Waals surface area contributed by atoms with Gasteiger partial charge in [0.2, 0.25) is 0 Å². The van der Waals surface area contributed by atoms with Crippen LogP contribution in [-0.4, -0.2) is 17.8 Å². The van der Waals surface area contributed by atoms with E-state index >= 15 is 0 Å². The number of rotatable bonds is 6. The fraction of sp³-hybridized carbons (Fsp3) is 0.500. The quantitative estimate of drug-likeness (QED) is 0.855. The highest BCUT2D eigenvalue weighted by Crippen LogP contribution is 2.31. The molecule has 1 aromatic rings. The van der Waals surface area contributed by atoms with Crippen LogP contribution in [0.25, 0.3) is 0 Å². The molecule has 1 rings (SSSR count). The predicted molar refractivity (Wildman–Crippen MR) is 70.8 cm³/mol. The number of halogens is 4. The second-order valence-electron chi connectivity index (χ2n) is 4.02. The molecule has 1 unspecified atom stereocenters. The second-order valence-corrected chi connectivity index (χ2v) is 5.61. The first-order valence-corrected chi connectivity index (χ1v) is 6.92. The van der Waals surface area contributed by atoms with Crippen LogP contribution in [0.5, 0.6) is 0 Å². The van der Waals surface area contributed by atoms with Gasteiger partial charge in [0.25, 0.3) is 0 Å². The largest absolute Gasteiger partial charge is 0.441 e. The number of nitrogens with two attached hydrogens (primary N) is 1. The van der Waals surface area contributed by atoms with Crippen LogP contribution >= 0.6 is 23.4 Å². The summed E-state index contributed by atoms with van der Waals surface area (Å²) in [5, 5.41) is 0.632. The first-order chi connectivity index (χ1) is 8.40. The summed E-state index contributed by atoms with van der Waals surface area (Å²) in [5.41, 5.74) is 2.44. The molecule has 0 aliphatic carbocycles. The summed E-state index contributed by atoms with van der Waals surface area (Å²) >= 11 is 5.86. The maximum absolute atomic E-state index is 12.0. The summed E-state index contributed by atoms with van der Waals surface area (Å²) in [6.07, 6.45) is 1.11. The Morgan fingerprint density at radius 2 is 2.06 bits per heavy atom. The van der Waals surface area contributed by atoms with Crippen LogP contribution in [-0.2, 0) is 6.42 Å². The molecule has 0 fully saturated rings. The molecule has 2 N–H and O–H groups in total. The molecule has 0 spiro atoms. The van der Waals surface area contributed by atoms with Crippen LogP contribution in [0.2, 0.25) is 5.02 Å². The van der Waals surface area contributed by atoms with Gasteiger partial charge in [-0.25, -0.2) is 0 Å². The Bertz CT molecular complexity index is 371. The first kappa shape index (κ1) is 15.7. The smallest absolute Gasteiger partial charge is 0.330 e. The Morgan fingerprint density at radius 1 is 1.33 bits per heavy atom. The van der Waals surface area contributed by atoms with Crippen molar-refractivity contribution in [3.8, 4) is 0 Å². The van der Waals surface area contributed by atoms with Gasteiger partial charge in [-0.2, -0.15) is 13.2 Å². The van der Waals surface area contributed by atoms with Crippen LogP contribution in [0.3, 0.4) is 0 Å². The van der Waals surface area contributed by atoms with Gasteiger partial charge >= 0.3 is 5.51 Å². The number of alkyl halides is 3. The van der Waals surface area contributed by atoms with E-state index in [1.807, 2.05) is 18.2 Å². The van der Waals surface area contributed by atoms with Crippen molar-refractivity contribution in [3.63, 3.8) is 0 Å². The molecule has 0 bridgehead atoms. The van der Waals surface area contributed by atoms with Crippen molar-refractivity contribution in [1.29, 1.82) is 0 Å². The minimum absolute atomic E-state index is 0.00936. The highest BCUT2D eigenvalue weighted by Gasteiger charge is 2.27. The average molecular weight is 298 g/mol. The fourth-order valence-corrected chi connectivity index (χ4v) is 2.54. The summed E-state index contributed by atoms with van der Waals surface area (Å²) in [6.45, 7) is 0.380. The lowest BCUT2D eigenvalue weighted by Gasteiger charge is -2.15. The number of hydrogen-bond acceptors (Lipinski definition) is 2. The van der Waals surface area contributed by atoms with E-state index in [1.165, 1.54) is 0 Å². The van der Waals surface area contributed by atoms with Crippen LogP contribution < -0.4 is 5.73 Å². The molecule has 0 saturated carbocycles. The zero-order chi connectivity index (χ0) is 13.6. The molecule has 0 aromatic heterocycles. The third-order valence-electron chi connectivity index (χ3n) is 2.54. The van der Waals surface area contributed by atoms with E-state index in [0.29, 0.717) is 24.4 Å². The number of benzene rings is 1. The van der Waals surface area contributed by atoms with Crippen LogP contribution in [0.1, 0.15) is 12.0 Å². The normalized spacial score (nSPS) is 13.6. The molecule has 6 heteroatoms. The van der Waals surface area contributed by atoms with Crippen molar-refractivity contribution in [3.05, 3.63) is 34.9 Å². The van der Waals surface area contributed by atoms with E-state index in [2.05, 4.69) is 0 Å². The van der Waals surface area contributed by atoms with Crippen molar-refractivity contribution in [2.24, 2.45) is 11.7 Å². The molecule has 18 heavy (non-hydrogen) atoms. The lowest BCUT2D eigenvalue weighted by Crippen LogP contribution is -2.18. The summed E-state index contributed by atoms with van der Waals surface area (Å²) in [7, 11) is 0. The highest BCUT2D eigenvalue weighted by molar-refractivity contribution is 8.00. The van der Waals surface area contributed by atoms with Gasteiger partial charge in [0.05, 0.1) is 0 Å². The van der Waals surface area contributed by atoms with E-state index < -0.39 is 5.51 Å². The maximum Gasteiger partial charge on any atom is 0.441 e. The van der Waals surface area contributed by atoms with Crippen molar-refractivity contribution >= 4 is 23.4 Å². The van der Waals surface area contributed by atoms with Crippen LogP contribution in [0, 0.1) is 5.92 Å². The molecule has 0 aliphatic heterocycles. The Balaban J connectivity index is 2.42. The minimum Gasteiger partial charge on any atom is -0.330 e. The van der Waals surface area contributed by atoms with Gasteiger partial charge in [0.1, 0.15) is 0 Å². The number of hydrogen-bond donors (Lipinski definition) is 1. The summed E-state index contributed by atoms with van der Waals surface area (Å²) < 4.78 is 36.0. The van der Waals surface area contributed by atoms with Crippen molar-refractivity contribution in [2.75, 3.05) is 12.3 Å². The van der Waals surface area contributed by atoms with E-state index in [-0.39, 0.29) is 23.4 Å². The topological polar surface area (TPSA) is 26.0 Å². The predicted octanol–water partition coefficient (Wildman–Crippen LogP) is 4.10. The van der Waals surface area contributed by atoms with E-state index in [1.54, 1.807) is 6.07 Å². The van der Waals surface area contributed by atoms with Crippen molar-refractivity contribution in [1.82, 2.24) is 0 Å². The van der Waals surface area contributed by atoms with Gasteiger partial charge in [0.15, 0.2) is 0 Å². The third kappa shape index (κ3) is 6.52. The lowest BCUT2D eigenvalue weighted by molar-refractivity contribution is -0.0328. The monoisotopic (exact) mass is 297 g/mol. The summed E-state index contributed by atoms with van der Waals surface area (Å²) in [4.78, 5) is 0. The minimum atomic E-state index is -4.16. The molecule has 0 amide bonds. The zero-order valence-corrected chi connectivity index (χ0v) is 11.3. The van der Waals surface area contributed by atoms with Gasteiger partial charge in [0, 0.05) is 10.8 Å². The van der Waals surface area contributed by atoms with E-state index in [9.17, 15) is 13.2 Å². The standard InChI is InChI=1S/C12H15ClF3NS/c13-11-3-1-2-9(7-11)6-10(8-17)4-5-18-12(14,15)16/h1-3,7,10H,4-6,8,17H2. The summed E-state index contributed by atoms with van der Waals surface area (Å²) in [5.74, 6) is 0.102. The zero-order valence-electron chi connectivity index (χ0n) is 9.71. The van der Waals surface area contributed by atoms with Crippen LogP contribution in [0.4, 0.5) is 13.2 Å². The molecule has 0 radical (unpaired) electrons. The molecule has 102 valence electrons. The average Bonchev–Trinajstić information content (AvgIpc) is 2.26. The molecule has 1 aromatic carbocycles. The van der Waals surface area contributed by atoms with Gasteiger partial charge in [-0.3, -0.25) is 0 Å². The molecule has 0 heterocycles. The van der Waals surface area contributed by atoms with Crippen molar-refractivity contribution < 1.29 is 13.2 Å². The molecule has 0 saturated heterocycles. The Hall–Kier alpha value is -0.390. The fourth-order valence-electron chi connectivity index (χ4n) is 1.64. The SMILES string of the molecule is NCC(CCSC(F)(F)F)Cc1cccc(Cl)c1. The Labute approximate surface area is 114 Å². The van der Waals surface area contributed by atoms with Gasteiger partial charge < -0.3 is 5.73 Å². The van der Waals surface area contributed by atoms with E-state index in [0.717, 1.165) is 5.56 Å². The van der Waals surface area contributed by atoms with Crippen molar-refractivity contribution in [2.45, 2.75) is 18.3 Å². The maximum atomic E-state index is 12.0. The highest BCUT2D eigenvalue weighted by atomic mass is 35.5. The molecular formula is C12H15ClF3NS. The van der Waals surface area contributed by atoms with Gasteiger partial charge in [-0.1, -0.05) is 35.5 Å². The summed E-state index contributed by atoms with van der Waals surface area (Å²) in [6, 6.07) is 7.32. The van der Waals surface area contributed by atoms with Gasteiger partial charge in [-0.15, -0.1) is 0 Å². The van der Waals surface area contributed by atoms with Gasteiger partial charge in [-0.05, 0) is 43.0 Å². The Kier molecular flexibility index (Phi) is 6.32. The Morgan fingerprint density at radius 3 is 2.61 bits per heavy atom. The number of thioether (sulfide) groups is 1. The van der Waals surface area contributed by atoms with Crippen LogP contribution in [0.15, 0.2) is 24.3 Å². The molecule has 1 atom stereocenters. The second kappa shape index (κ2) is 7.26. The van der Waals surface area contributed by atoms with E-state index in [4.69, 9.17) is 17.3 Å². The molecule has 1 nitrogen and oxygen atoms in total. The lowest BCUT2D eigenvalue weighted by atomic mass is 9.97. The first-order valence-electron chi connectivity index (χ1n) is 5.56. The third-order valence-corrected chi connectivity index (χ3v) is 3.54. The molecular weight excluding hydrogens is 283 g/mol.